The van der Waals surface area contributed by atoms with Crippen LogP contribution in [0.3, 0.4) is 0 Å². The summed E-state index contributed by atoms with van der Waals surface area (Å²) in [6.07, 6.45) is 14.1. The molecule has 2 aromatic rings. The molecule has 0 unspecified atom stereocenters. The van der Waals surface area contributed by atoms with Gasteiger partial charge in [-0.05, 0) is 12.0 Å². The van der Waals surface area contributed by atoms with E-state index in [0.29, 0.717) is 12.6 Å². The molecule has 1 heterocycles. The van der Waals surface area contributed by atoms with Gasteiger partial charge in [0, 0.05) is 18.0 Å². The van der Waals surface area contributed by atoms with Gasteiger partial charge in [-0.1, -0.05) is 82.2 Å². The highest BCUT2D eigenvalue weighted by Crippen LogP contribution is 2.17. The number of benzene rings is 1. The summed E-state index contributed by atoms with van der Waals surface area (Å²) < 4.78 is 5.62. The normalized spacial score (nSPS) is 10.7. The van der Waals surface area contributed by atoms with Crippen molar-refractivity contribution >= 4 is 0 Å². The van der Waals surface area contributed by atoms with E-state index in [1.54, 1.807) is 0 Å². The second kappa shape index (κ2) is 10.8. The third-order valence-corrected chi connectivity index (χ3v) is 3.96. The molecule has 0 spiro atoms. The Labute approximate surface area is 140 Å². The summed E-state index contributed by atoms with van der Waals surface area (Å²) in [6, 6.07) is 10.6. The fourth-order valence-corrected chi connectivity index (χ4v) is 2.57. The second-order valence-electron chi connectivity index (χ2n) is 5.94. The maximum atomic E-state index is 5.62. The molecule has 0 N–H and O–H groups in total. The van der Waals surface area contributed by atoms with Crippen molar-refractivity contribution in [1.29, 1.82) is 0 Å². The van der Waals surface area contributed by atoms with Gasteiger partial charge in [-0.3, -0.25) is 0 Å². The Balaban J connectivity index is 1.60. The number of nitrogens with zero attached hydrogens (tertiary/aromatic N) is 2. The summed E-state index contributed by atoms with van der Waals surface area (Å²) >= 11 is 0. The van der Waals surface area contributed by atoms with E-state index < -0.39 is 0 Å². The van der Waals surface area contributed by atoms with Crippen molar-refractivity contribution in [1.82, 2.24) is 9.97 Å². The highest BCUT2D eigenvalue weighted by Gasteiger charge is 2.01. The number of unbranched alkanes of at least 4 members (excludes halogenated alkanes) is 7. The number of hydrogen-bond acceptors (Lipinski definition) is 3. The minimum atomic E-state index is 0.479. The Kier molecular flexibility index (Phi) is 8.17. The van der Waals surface area contributed by atoms with E-state index in [1.165, 1.54) is 44.9 Å². The second-order valence-corrected chi connectivity index (χ2v) is 5.94. The van der Waals surface area contributed by atoms with Gasteiger partial charge in [0.1, 0.15) is 0 Å². The van der Waals surface area contributed by atoms with Gasteiger partial charge in [-0.25, -0.2) is 9.97 Å². The van der Waals surface area contributed by atoms with E-state index >= 15 is 0 Å². The van der Waals surface area contributed by atoms with Crippen LogP contribution in [0.1, 0.15) is 58.3 Å². The third kappa shape index (κ3) is 6.81. The van der Waals surface area contributed by atoms with Crippen LogP contribution in [-0.2, 0) is 0 Å². The molecule has 0 bridgehead atoms. The van der Waals surface area contributed by atoms with E-state index in [2.05, 4.69) is 29.0 Å². The third-order valence-electron chi connectivity index (χ3n) is 3.96. The number of hydrogen-bond donors (Lipinski definition) is 0. The van der Waals surface area contributed by atoms with Crippen LogP contribution in [0.15, 0.2) is 42.7 Å². The van der Waals surface area contributed by atoms with E-state index in [-0.39, 0.29) is 0 Å². The summed E-state index contributed by atoms with van der Waals surface area (Å²) in [5.74, 6) is 0. The molecule has 1 aromatic carbocycles. The van der Waals surface area contributed by atoms with E-state index in [0.717, 1.165) is 17.5 Å². The molecule has 3 nitrogen and oxygen atoms in total. The predicted molar refractivity (Wildman–Crippen MR) is 95.6 cm³/mol. The lowest BCUT2D eigenvalue weighted by Crippen LogP contribution is -2.01. The van der Waals surface area contributed by atoms with Crippen molar-refractivity contribution in [3.8, 4) is 17.1 Å². The molecule has 0 radical (unpaired) electrons. The van der Waals surface area contributed by atoms with Gasteiger partial charge < -0.3 is 4.74 Å². The average Bonchev–Trinajstić information content (AvgIpc) is 2.62. The summed E-state index contributed by atoms with van der Waals surface area (Å²) in [5, 5.41) is 0. The van der Waals surface area contributed by atoms with E-state index in [4.69, 9.17) is 4.74 Å². The van der Waals surface area contributed by atoms with Gasteiger partial charge in [-0.15, -0.1) is 0 Å². The summed E-state index contributed by atoms with van der Waals surface area (Å²) in [6.45, 7) is 2.96. The van der Waals surface area contributed by atoms with Gasteiger partial charge in [0.2, 0.25) is 0 Å². The van der Waals surface area contributed by atoms with E-state index in [1.807, 2.05) is 30.6 Å². The smallest absolute Gasteiger partial charge is 0.316 e. The van der Waals surface area contributed by atoms with Gasteiger partial charge in [-0.2, -0.15) is 0 Å². The predicted octanol–water partition coefficient (Wildman–Crippen LogP) is 5.66. The molecule has 0 amide bonds. The molecule has 124 valence electrons. The van der Waals surface area contributed by atoms with Crippen molar-refractivity contribution in [2.75, 3.05) is 6.61 Å². The fraction of sp³-hybridized carbons (Fsp3) is 0.500. The van der Waals surface area contributed by atoms with Crippen molar-refractivity contribution in [3.05, 3.63) is 42.7 Å². The quantitative estimate of drug-likeness (QED) is 0.502. The standard InChI is InChI=1S/C20H28N2O/c1-2-3-4-5-6-7-8-12-15-23-20-21-16-19(17-22-20)18-13-10-9-11-14-18/h9-11,13-14,16-17H,2-8,12,15H2,1H3. The lowest BCUT2D eigenvalue weighted by atomic mass is 10.1. The van der Waals surface area contributed by atoms with Gasteiger partial charge >= 0.3 is 6.01 Å². The van der Waals surface area contributed by atoms with Crippen LogP contribution >= 0.6 is 0 Å². The fourth-order valence-electron chi connectivity index (χ4n) is 2.57. The molecule has 0 aliphatic carbocycles. The van der Waals surface area contributed by atoms with Crippen LogP contribution in [0.4, 0.5) is 0 Å². The zero-order valence-electron chi connectivity index (χ0n) is 14.2. The largest absolute Gasteiger partial charge is 0.463 e. The molecule has 1 aromatic heterocycles. The van der Waals surface area contributed by atoms with Crippen LogP contribution in [0.5, 0.6) is 6.01 Å². The first-order valence-corrected chi connectivity index (χ1v) is 8.90. The first-order valence-electron chi connectivity index (χ1n) is 8.90. The zero-order valence-corrected chi connectivity index (χ0v) is 14.2. The molecule has 0 saturated heterocycles. The lowest BCUT2D eigenvalue weighted by Gasteiger charge is -2.05. The maximum Gasteiger partial charge on any atom is 0.316 e. The van der Waals surface area contributed by atoms with Gasteiger partial charge in [0.25, 0.3) is 0 Å². The Hall–Kier alpha value is -1.90. The molecule has 0 atom stereocenters. The van der Waals surface area contributed by atoms with E-state index in [9.17, 15) is 0 Å². The van der Waals surface area contributed by atoms with Gasteiger partial charge in [0.05, 0.1) is 6.61 Å². The average molecular weight is 312 g/mol. The highest BCUT2D eigenvalue weighted by molar-refractivity contribution is 5.61. The van der Waals surface area contributed by atoms with Crippen molar-refractivity contribution in [2.24, 2.45) is 0 Å². The Morgan fingerprint density at radius 1 is 0.739 bits per heavy atom. The summed E-state index contributed by atoms with van der Waals surface area (Å²) in [5.41, 5.74) is 2.15. The molecular weight excluding hydrogens is 284 g/mol. The van der Waals surface area contributed by atoms with Crippen LogP contribution in [0, 0.1) is 0 Å². The minimum Gasteiger partial charge on any atom is -0.463 e. The molecule has 0 aliphatic heterocycles. The molecule has 3 heteroatoms. The molecule has 23 heavy (non-hydrogen) atoms. The van der Waals surface area contributed by atoms with Crippen LogP contribution in [0.2, 0.25) is 0 Å². The van der Waals surface area contributed by atoms with Gasteiger partial charge in [0.15, 0.2) is 0 Å². The zero-order chi connectivity index (χ0) is 16.2. The molecular formula is C20H28N2O. The minimum absolute atomic E-state index is 0.479. The van der Waals surface area contributed by atoms with Crippen LogP contribution in [-0.4, -0.2) is 16.6 Å². The Morgan fingerprint density at radius 2 is 1.35 bits per heavy atom. The Morgan fingerprint density at radius 3 is 2.00 bits per heavy atom. The SMILES string of the molecule is CCCCCCCCCCOc1ncc(-c2ccccc2)cn1. The number of rotatable bonds is 11. The molecule has 2 rings (SSSR count). The molecule has 0 aliphatic rings. The van der Waals surface area contributed by atoms with Crippen molar-refractivity contribution < 1.29 is 4.74 Å². The topological polar surface area (TPSA) is 35.0 Å². The highest BCUT2D eigenvalue weighted by atomic mass is 16.5. The Bertz CT molecular complexity index is 525. The lowest BCUT2D eigenvalue weighted by molar-refractivity contribution is 0.281. The number of aromatic nitrogens is 2. The van der Waals surface area contributed by atoms with Crippen molar-refractivity contribution in [2.45, 2.75) is 58.3 Å². The molecule has 0 saturated carbocycles. The summed E-state index contributed by atoms with van der Waals surface area (Å²) in [7, 11) is 0. The monoisotopic (exact) mass is 312 g/mol. The van der Waals surface area contributed by atoms with Crippen molar-refractivity contribution in [3.63, 3.8) is 0 Å². The first-order chi connectivity index (χ1) is 11.4. The van der Waals surface area contributed by atoms with Crippen LogP contribution in [0.25, 0.3) is 11.1 Å². The maximum absolute atomic E-state index is 5.62. The molecule has 0 fully saturated rings. The summed E-state index contributed by atoms with van der Waals surface area (Å²) in [4.78, 5) is 8.58. The number of ether oxygens (including phenoxy) is 1. The van der Waals surface area contributed by atoms with Crippen LogP contribution < -0.4 is 4.74 Å². The first kappa shape index (κ1) is 17.5.